The quantitative estimate of drug-likeness (QED) is 0.814. The number of methoxy groups -OCH3 is 1. The molecule has 1 fully saturated rings. The highest BCUT2D eigenvalue weighted by molar-refractivity contribution is 5.85. The Bertz CT molecular complexity index is 324. The summed E-state index contributed by atoms with van der Waals surface area (Å²) in [7, 11) is 1.73. The molecule has 2 atom stereocenters. The predicted octanol–water partition coefficient (Wildman–Crippen LogP) is 1.77. The highest BCUT2D eigenvalue weighted by atomic mass is 35.5. The van der Waals surface area contributed by atoms with E-state index < -0.39 is 6.04 Å². The van der Waals surface area contributed by atoms with Crippen LogP contribution in [0.3, 0.4) is 0 Å². The van der Waals surface area contributed by atoms with Crippen LogP contribution in [0.5, 0.6) is 0 Å². The van der Waals surface area contributed by atoms with E-state index in [4.69, 9.17) is 10.5 Å². The Balaban J connectivity index is 0. The number of nitrogens with two attached hydrogens (primary N) is 1. The fraction of sp³-hybridized carbons (Fsp3) is 0.933. The molecule has 0 bridgehead atoms. The lowest BCUT2D eigenvalue weighted by Gasteiger charge is -2.43. The van der Waals surface area contributed by atoms with Crippen molar-refractivity contribution in [2.75, 3.05) is 39.9 Å². The number of hydrogen-bond acceptors (Lipinski definition) is 4. The summed E-state index contributed by atoms with van der Waals surface area (Å²) in [5.74, 6) is 0.0855. The molecule has 0 aromatic rings. The van der Waals surface area contributed by atoms with Crippen LogP contribution in [0.2, 0.25) is 0 Å². The van der Waals surface area contributed by atoms with Crippen LogP contribution in [0.4, 0.5) is 0 Å². The Labute approximate surface area is 147 Å². The molecule has 5 nitrogen and oxygen atoms in total. The fourth-order valence-electron chi connectivity index (χ4n) is 2.55. The molecule has 0 aliphatic carbocycles. The SMILES string of the molecule is CCC1CN(C(=O)[C@@H](N)C(C)(C)C)CCN1CCOC.Cl.Cl. The third-order valence-electron chi connectivity index (χ3n) is 4.17. The smallest absolute Gasteiger partial charge is 0.240 e. The third-order valence-corrected chi connectivity index (χ3v) is 4.17. The first-order valence-electron chi connectivity index (χ1n) is 7.58. The number of halogens is 2. The second kappa shape index (κ2) is 10.7. The lowest BCUT2D eigenvalue weighted by atomic mass is 9.86. The van der Waals surface area contributed by atoms with E-state index in [1.807, 2.05) is 25.7 Å². The minimum atomic E-state index is -0.425. The van der Waals surface area contributed by atoms with Crippen molar-refractivity contribution in [1.82, 2.24) is 9.80 Å². The molecule has 7 heteroatoms. The van der Waals surface area contributed by atoms with Crippen LogP contribution < -0.4 is 5.73 Å². The number of ether oxygens (including phenoxy) is 1. The van der Waals surface area contributed by atoms with Gasteiger partial charge in [-0.3, -0.25) is 9.69 Å². The number of piperazine rings is 1. The van der Waals surface area contributed by atoms with E-state index in [2.05, 4.69) is 11.8 Å². The molecule has 1 rings (SSSR count). The van der Waals surface area contributed by atoms with E-state index in [9.17, 15) is 4.79 Å². The summed E-state index contributed by atoms with van der Waals surface area (Å²) < 4.78 is 5.15. The van der Waals surface area contributed by atoms with Gasteiger partial charge in [-0.05, 0) is 11.8 Å². The van der Waals surface area contributed by atoms with Crippen LogP contribution in [-0.2, 0) is 9.53 Å². The Morgan fingerprint density at radius 3 is 2.36 bits per heavy atom. The highest BCUT2D eigenvalue weighted by Crippen LogP contribution is 2.21. The summed E-state index contributed by atoms with van der Waals surface area (Å²) in [5.41, 5.74) is 5.91. The molecule has 1 aliphatic rings. The monoisotopic (exact) mass is 357 g/mol. The number of nitrogens with zero attached hydrogens (tertiary/aromatic N) is 2. The summed E-state index contributed by atoms with van der Waals surface area (Å²) in [4.78, 5) is 16.8. The maximum absolute atomic E-state index is 12.5. The Morgan fingerprint density at radius 2 is 1.91 bits per heavy atom. The minimum Gasteiger partial charge on any atom is -0.383 e. The van der Waals surface area contributed by atoms with Gasteiger partial charge >= 0.3 is 0 Å². The van der Waals surface area contributed by atoms with Gasteiger partial charge in [0.15, 0.2) is 0 Å². The number of carbonyl (C=O) groups is 1. The van der Waals surface area contributed by atoms with Gasteiger partial charge in [-0.25, -0.2) is 0 Å². The number of hydrogen-bond donors (Lipinski definition) is 1. The van der Waals surface area contributed by atoms with Crippen molar-refractivity contribution in [3.63, 3.8) is 0 Å². The van der Waals surface area contributed by atoms with Gasteiger partial charge in [0.25, 0.3) is 0 Å². The van der Waals surface area contributed by atoms with E-state index in [-0.39, 0.29) is 36.1 Å². The van der Waals surface area contributed by atoms with E-state index in [1.165, 1.54) is 0 Å². The zero-order chi connectivity index (χ0) is 15.3. The second-order valence-corrected chi connectivity index (χ2v) is 6.72. The van der Waals surface area contributed by atoms with Crippen LogP contribution in [0.25, 0.3) is 0 Å². The standard InChI is InChI=1S/C15H31N3O2.2ClH/c1-6-12-11-18(8-7-17(12)9-10-20-5)14(19)13(16)15(2,3)4;;/h12-13H,6-11,16H2,1-5H3;2*1H/t12?,13-;;/m1../s1. The first-order chi connectivity index (χ1) is 9.31. The predicted molar refractivity (Wildman–Crippen MR) is 96.0 cm³/mol. The van der Waals surface area contributed by atoms with Crippen molar-refractivity contribution < 1.29 is 9.53 Å². The van der Waals surface area contributed by atoms with Gasteiger partial charge in [0.2, 0.25) is 5.91 Å². The molecule has 0 radical (unpaired) electrons. The maximum atomic E-state index is 12.5. The topological polar surface area (TPSA) is 58.8 Å². The van der Waals surface area contributed by atoms with E-state index >= 15 is 0 Å². The maximum Gasteiger partial charge on any atom is 0.240 e. The number of amides is 1. The van der Waals surface area contributed by atoms with Gasteiger partial charge < -0.3 is 15.4 Å². The minimum absolute atomic E-state index is 0. The van der Waals surface area contributed by atoms with E-state index in [1.54, 1.807) is 7.11 Å². The molecule has 1 unspecified atom stereocenters. The van der Waals surface area contributed by atoms with Crippen LogP contribution in [-0.4, -0.2) is 67.7 Å². The van der Waals surface area contributed by atoms with Crippen molar-refractivity contribution in [2.24, 2.45) is 11.1 Å². The highest BCUT2D eigenvalue weighted by Gasteiger charge is 2.34. The second-order valence-electron chi connectivity index (χ2n) is 6.72. The summed E-state index contributed by atoms with van der Waals surface area (Å²) >= 11 is 0. The first kappa shape index (κ1) is 24.2. The number of carbonyl (C=O) groups excluding carboxylic acids is 1. The molecule has 1 aliphatic heterocycles. The third kappa shape index (κ3) is 6.59. The van der Waals surface area contributed by atoms with Crippen molar-refractivity contribution in [3.8, 4) is 0 Å². The Hall–Kier alpha value is -0.0700. The average molecular weight is 358 g/mol. The summed E-state index contributed by atoms with van der Waals surface area (Å²) in [6, 6.07) is -0.0134. The molecule has 0 aromatic heterocycles. The van der Waals surface area contributed by atoms with Gasteiger partial charge in [0, 0.05) is 39.3 Å². The molecule has 0 spiro atoms. The van der Waals surface area contributed by atoms with Gasteiger partial charge in [-0.15, -0.1) is 24.8 Å². The van der Waals surface area contributed by atoms with Gasteiger partial charge in [-0.1, -0.05) is 27.7 Å². The zero-order valence-corrected chi connectivity index (χ0v) is 16.1. The van der Waals surface area contributed by atoms with Crippen molar-refractivity contribution in [2.45, 2.75) is 46.2 Å². The molecule has 1 amide bonds. The molecule has 1 heterocycles. The Morgan fingerprint density at radius 1 is 1.32 bits per heavy atom. The molecule has 2 N–H and O–H groups in total. The van der Waals surface area contributed by atoms with Crippen LogP contribution >= 0.6 is 24.8 Å². The normalized spacial score (nSPS) is 20.8. The van der Waals surface area contributed by atoms with E-state index in [0.717, 1.165) is 39.2 Å². The van der Waals surface area contributed by atoms with Crippen molar-refractivity contribution >= 4 is 30.7 Å². The summed E-state index contributed by atoms with van der Waals surface area (Å²) in [5, 5.41) is 0. The molecule has 134 valence electrons. The Kier molecular flexibility index (Phi) is 11.7. The van der Waals surface area contributed by atoms with Crippen molar-refractivity contribution in [3.05, 3.63) is 0 Å². The first-order valence-corrected chi connectivity index (χ1v) is 7.58. The number of rotatable bonds is 5. The van der Waals surface area contributed by atoms with Crippen LogP contribution in [0.15, 0.2) is 0 Å². The summed E-state index contributed by atoms with van der Waals surface area (Å²) in [6.07, 6.45) is 1.04. The molecule has 1 saturated heterocycles. The van der Waals surface area contributed by atoms with Gasteiger partial charge in [-0.2, -0.15) is 0 Å². The van der Waals surface area contributed by atoms with Crippen LogP contribution in [0, 0.1) is 5.41 Å². The largest absolute Gasteiger partial charge is 0.383 e. The molecule has 22 heavy (non-hydrogen) atoms. The van der Waals surface area contributed by atoms with Crippen LogP contribution in [0.1, 0.15) is 34.1 Å². The molecule has 0 saturated carbocycles. The van der Waals surface area contributed by atoms with Gasteiger partial charge in [0.05, 0.1) is 12.6 Å². The van der Waals surface area contributed by atoms with E-state index in [0.29, 0.717) is 6.04 Å². The fourth-order valence-corrected chi connectivity index (χ4v) is 2.55. The summed E-state index contributed by atoms with van der Waals surface area (Å²) in [6.45, 7) is 12.3. The van der Waals surface area contributed by atoms with Gasteiger partial charge in [0.1, 0.15) is 0 Å². The molecular weight excluding hydrogens is 325 g/mol. The zero-order valence-electron chi connectivity index (χ0n) is 14.5. The van der Waals surface area contributed by atoms with Crippen molar-refractivity contribution in [1.29, 1.82) is 0 Å². The average Bonchev–Trinajstić information content (AvgIpc) is 2.42. The molecule has 0 aromatic carbocycles. The lowest BCUT2D eigenvalue weighted by Crippen LogP contribution is -2.59. The lowest BCUT2D eigenvalue weighted by molar-refractivity contribution is -0.138. The molecular formula is C15H33Cl2N3O2.